The summed E-state index contributed by atoms with van der Waals surface area (Å²) in [5, 5.41) is 6.74. The summed E-state index contributed by atoms with van der Waals surface area (Å²) >= 11 is 0. The molecule has 24 heavy (non-hydrogen) atoms. The number of hydroxylamine groups is 2. The van der Waals surface area contributed by atoms with Crippen LogP contribution in [0.1, 0.15) is 38.5 Å². The van der Waals surface area contributed by atoms with Gasteiger partial charge in [-0.25, -0.2) is 4.79 Å². The van der Waals surface area contributed by atoms with Crippen LogP contribution in [-0.2, 0) is 19.5 Å². The predicted octanol–water partition coefficient (Wildman–Crippen LogP) is -0.471. The number of carbonyl (C=O) groups is 2. The number of hydrogen-bond donors (Lipinski definition) is 4. The second kappa shape index (κ2) is 8.10. The second-order valence-corrected chi connectivity index (χ2v) is 7.21. The van der Waals surface area contributed by atoms with E-state index >= 15 is 0 Å². The molecule has 1 aliphatic carbocycles. The zero-order valence-corrected chi connectivity index (χ0v) is 14.1. The Morgan fingerprint density at radius 3 is 2.21 bits per heavy atom. The quantitative estimate of drug-likeness (QED) is 0.380. The zero-order chi connectivity index (χ0) is 17.7. The first-order chi connectivity index (χ1) is 11.3. The first-order valence-corrected chi connectivity index (χ1v) is 9.39. The van der Waals surface area contributed by atoms with Crippen molar-refractivity contribution in [1.82, 2.24) is 15.7 Å². The molecule has 10 nitrogen and oxygen atoms in total. The van der Waals surface area contributed by atoms with Crippen LogP contribution < -0.4 is 16.4 Å². The van der Waals surface area contributed by atoms with Gasteiger partial charge < -0.3 is 16.4 Å². The standard InChI is InChI=1S/C13H24N4O6S/c14-13(19)17(23-24(20,21)22)11-3-1-9(2-4-11)12(18)16-10-5-7-15-8-6-10/h9-11,15H,1-8H2,(H2,14,19)(H,16,18)(H,20,21,22). The van der Waals surface area contributed by atoms with E-state index in [1.54, 1.807) is 0 Å². The molecule has 2 fully saturated rings. The molecule has 0 unspecified atom stereocenters. The number of urea groups is 1. The summed E-state index contributed by atoms with van der Waals surface area (Å²) < 4.78 is 34.6. The molecule has 11 heteroatoms. The summed E-state index contributed by atoms with van der Waals surface area (Å²) in [5.41, 5.74) is 5.09. The van der Waals surface area contributed by atoms with E-state index in [0.29, 0.717) is 30.7 Å². The highest BCUT2D eigenvalue weighted by molar-refractivity contribution is 7.80. The second-order valence-electron chi connectivity index (χ2n) is 6.20. The summed E-state index contributed by atoms with van der Waals surface area (Å²) in [6.07, 6.45) is 3.50. The minimum atomic E-state index is -4.83. The normalized spacial score (nSPS) is 25.9. The van der Waals surface area contributed by atoms with E-state index in [-0.39, 0.29) is 17.9 Å². The first kappa shape index (κ1) is 18.9. The summed E-state index contributed by atoms with van der Waals surface area (Å²) in [4.78, 5) is 23.6. The van der Waals surface area contributed by atoms with Crippen LogP contribution in [0.25, 0.3) is 0 Å². The Morgan fingerprint density at radius 1 is 1.12 bits per heavy atom. The van der Waals surface area contributed by atoms with E-state index in [2.05, 4.69) is 14.9 Å². The molecule has 1 saturated heterocycles. The molecule has 1 aliphatic heterocycles. The summed E-state index contributed by atoms with van der Waals surface area (Å²) in [6, 6.07) is -1.51. The van der Waals surface area contributed by atoms with Crippen LogP contribution in [0.5, 0.6) is 0 Å². The van der Waals surface area contributed by atoms with Gasteiger partial charge in [-0.15, -0.1) is 4.28 Å². The van der Waals surface area contributed by atoms with Gasteiger partial charge in [0.2, 0.25) is 5.91 Å². The van der Waals surface area contributed by atoms with Crippen LogP contribution in [-0.4, -0.2) is 55.1 Å². The van der Waals surface area contributed by atoms with Crippen LogP contribution in [0.15, 0.2) is 0 Å². The molecular formula is C13H24N4O6S. The fourth-order valence-corrected chi connectivity index (χ4v) is 3.63. The van der Waals surface area contributed by atoms with E-state index < -0.39 is 22.5 Å². The minimum Gasteiger partial charge on any atom is -0.353 e. The molecule has 2 rings (SSSR count). The SMILES string of the molecule is NC(=O)N(OS(=O)(=O)O)C1CCC(C(=O)NC2CCNCC2)CC1. The van der Waals surface area contributed by atoms with Gasteiger partial charge in [0, 0.05) is 12.0 Å². The molecule has 0 aromatic rings. The van der Waals surface area contributed by atoms with Gasteiger partial charge in [-0.2, -0.15) is 13.5 Å². The van der Waals surface area contributed by atoms with Crippen LogP contribution in [0.3, 0.4) is 0 Å². The maximum absolute atomic E-state index is 12.3. The number of nitrogens with zero attached hydrogens (tertiary/aromatic N) is 1. The molecule has 0 aromatic heterocycles. The summed E-state index contributed by atoms with van der Waals surface area (Å²) in [5.74, 6) is -0.196. The topological polar surface area (TPSA) is 151 Å². The van der Waals surface area contributed by atoms with Crippen LogP contribution in [0.2, 0.25) is 0 Å². The molecular weight excluding hydrogens is 340 g/mol. The third-order valence-electron chi connectivity index (χ3n) is 4.48. The molecule has 2 aliphatic rings. The van der Waals surface area contributed by atoms with Crippen molar-refractivity contribution in [2.75, 3.05) is 13.1 Å². The molecule has 1 heterocycles. The van der Waals surface area contributed by atoms with Crippen molar-refractivity contribution in [3.05, 3.63) is 0 Å². The molecule has 0 radical (unpaired) electrons. The van der Waals surface area contributed by atoms with Gasteiger partial charge in [-0.3, -0.25) is 9.35 Å². The monoisotopic (exact) mass is 364 g/mol. The number of hydrogen-bond acceptors (Lipinski definition) is 6. The van der Waals surface area contributed by atoms with Gasteiger partial charge in [-0.05, 0) is 51.6 Å². The number of amides is 3. The lowest BCUT2D eigenvalue weighted by atomic mass is 9.85. The third kappa shape index (κ3) is 5.58. The number of rotatable bonds is 5. The highest BCUT2D eigenvalue weighted by Crippen LogP contribution is 2.28. The fraction of sp³-hybridized carbons (Fsp3) is 0.846. The Bertz CT molecular complexity index is 555. The lowest BCUT2D eigenvalue weighted by Crippen LogP contribution is -2.48. The van der Waals surface area contributed by atoms with Crippen molar-refractivity contribution in [1.29, 1.82) is 0 Å². The molecule has 5 N–H and O–H groups in total. The van der Waals surface area contributed by atoms with E-state index in [9.17, 15) is 18.0 Å². The molecule has 0 atom stereocenters. The zero-order valence-electron chi connectivity index (χ0n) is 13.3. The number of carbonyl (C=O) groups excluding carboxylic acids is 2. The average Bonchev–Trinajstić information content (AvgIpc) is 2.53. The van der Waals surface area contributed by atoms with Crippen LogP contribution in [0, 0.1) is 5.92 Å². The maximum Gasteiger partial charge on any atom is 0.418 e. The van der Waals surface area contributed by atoms with Crippen molar-refractivity contribution >= 4 is 22.3 Å². The van der Waals surface area contributed by atoms with Gasteiger partial charge in [0.25, 0.3) is 0 Å². The Kier molecular flexibility index (Phi) is 6.38. The van der Waals surface area contributed by atoms with Gasteiger partial charge in [0.15, 0.2) is 0 Å². The largest absolute Gasteiger partial charge is 0.418 e. The van der Waals surface area contributed by atoms with Crippen molar-refractivity contribution in [2.45, 2.75) is 50.6 Å². The van der Waals surface area contributed by atoms with E-state index in [1.807, 2.05) is 0 Å². The minimum absolute atomic E-state index is 0.0123. The van der Waals surface area contributed by atoms with Crippen molar-refractivity contribution in [2.24, 2.45) is 11.7 Å². The van der Waals surface area contributed by atoms with Crippen molar-refractivity contribution < 1.29 is 26.8 Å². The van der Waals surface area contributed by atoms with Gasteiger partial charge >= 0.3 is 16.4 Å². The van der Waals surface area contributed by atoms with E-state index in [4.69, 9.17) is 10.3 Å². The lowest BCUT2D eigenvalue weighted by Gasteiger charge is -2.34. The molecule has 0 bridgehead atoms. The van der Waals surface area contributed by atoms with E-state index in [0.717, 1.165) is 25.9 Å². The maximum atomic E-state index is 12.3. The molecule has 1 saturated carbocycles. The van der Waals surface area contributed by atoms with Crippen molar-refractivity contribution in [3.63, 3.8) is 0 Å². The Labute approximate surface area is 141 Å². The highest BCUT2D eigenvalue weighted by atomic mass is 32.3. The molecule has 138 valence electrons. The van der Waals surface area contributed by atoms with E-state index in [1.165, 1.54) is 0 Å². The summed E-state index contributed by atoms with van der Waals surface area (Å²) in [7, 11) is -4.83. The van der Waals surface area contributed by atoms with Gasteiger partial charge in [-0.1, -0.05) is 0 Å². The lowest BCUT2D eigenvalue weighted by molar-refractivity contribution is -0.128. The predicted molar refractivity (Wildman–Crippen MR) is 83.8 cm³/mol. The Hall–Kier alpha value is -1.43. The fourth-order valence-electron chi connectivity index (χ4n) is 3.24. The Morgan fingerprint density at radius 2 is 1.71 bits per heavy atom. The number of nitrogens with one attached hydrogen (secondary N) is 2. The van der Waals surface area contributed by atoms with Gasteiger partial charge in [0.1, 0.15) is 0 Å². The third-order valence-corrected chi connectivity index (χ3v) is 4.83. The van der Waals surface area contributed by atoms with Crippen LogP contribution in [0.4, 0.5) is 4.79 Å². The smallest absolute Gasteiger partial charge is 0.353 e. The van der Waals surface area contributed by atoms with Crippen LogP contribution >= 0.6 is 0 Å². The number of primary amides is 1. The number of nitrogens with two attached hydrogens (primary N) is 1. The highest BCUT2D eigenvalue weighted by Gasteiger charge is 2.34. The Balaban J connectivity index is 1.85. The molecule has 3 amide bonds. The molecule has 0 aromatic carbocycles. The number of piperidine rings is 1. The first-order valence-electron chi connectivity index (χ1n) is 8.03. The average molecular weight is 364 g/mol. The molecule has 0 spiro atoms. The van der Waals surface area contributed by atoms with Gasteiger partial charge in [0.05, 0.1) is 6.04 Å². The van der Waals surface area contributed by atoms with Crippen molar-refractivity contribution in [3.8, 4) is 0 Å². The summed E-state index contributed by atoms with van der Waals surface area (Å²) in [6.45, 7) is 1.77.